The summed E-state index contributed by atoms with van der Waals surface area (Å²) in [6.45, 7) is 5.33. The van der Waals surface area contributed by atoms with E-state index in [0.29, 0.717) is 36.3 Å². The molecule has 5 nitrogen and oxygen atoms in total. The fourth-order valence-corrected chi connectivity index (χ4v) is 2.99. The van der Waals surface area contributed by atoms with E-state index in [1.54, 1.807) is 14.2 Å². The van der Waals surface area contributed by atoms with Gasteiger partial charge in [-0.3, -0.25) is 0 Å². The molecule has 27 heavy (non-hydrogen) atoms. The largest absolute Gasteiger partial charge is 0.494 e. The standard InChI is InChI=1S/C21H30ClNO4/c1-4-5-6-13-26-18-9-11-23(12-10-18)16-17-7-8-19(25-3)21(20(17)22)27-15-14-24-2/h7-11H,4-6,12-16H2,1-3H3. The van der Waals surface area contributed by atoms with Crippen LogP contribution in [0, 0.1) is 0 Å². The second-order valence-corrected chi connectivity index (χ2v) is 6.70. The maximum atomic E-state index is 6.58. The van der Waals surface area contributed by atoms with Crippen LogP contribution in [-0.4, -0.2) is 45.5 Å². The molecule has 0 radical (unpaired) electrons. The third kappa shape index (κ3) is 6.67. The van der Waals surface area contributed by atoms with Gasteiger partial charge in [0.05, 0.1) is 25.3 Å². The molecule has 0 aromatic heterocycles. The van der Waals surface area contributed by atoms with Gasteiger partial charge in [0, 0.05) is 26.4 Å². The Morgan fingerprint density at radius 3 is 2.59 bits per heavy atom. The molecule has 0 N–H and O–H groups in total. The molecule has 0 amide bonds. The van der Waals surface area contributed by atoms with E-state index in [1.807, 2.05) is 24.4 Å². The third-order valence-electron chi connectivity index (χ3n) is 4.26. The van der Waals surface area contributed by atoms with E-state index in [-0.39, 0.29) is 0 Å². The number of hydrogen-bond donors (Lipinski definition) is 0. The number of nitrogens with zero attached hydrogens (tertiary/aromatic N) is 1. The van der Waals surface area contributed by atoms with Crippen molar-refractivity contribution < 1.29 is 18.9 Å². The van der Waals surface area contributed by atoms with Crippen LogP contribution in [0.5, 0.6) is 11.5 Å². The second kappa shape index (κ2) is 11.8. The van der Waals surface area contributed by atoms with Crippen molar-refractivity contribution in [3.63, 3.8) is 0 Å². The predicted octanol–water partition coefficient (Wildman–Crippen LogP) is 4.79. The van der Waals surface area contributed by atoms with Crippen molar-refractivity contribution in [2.75, 3.05) is 40.6 Å². The number of hydrogen-bond acceptors (Lipinski definition) is 5. The van der Waals surface area contributed by atoms with E-state index in [9.17, 15) is 0 Å². The maximum Gasteiger partial charge on any atom is 0.180 e. The molecule has 0 aliphatic carbocycles. The van der Waals surface area contributed by atoms with E-state index in [1.165, 1.54) is 12.8 Å². The fraction of sp³-hybridized carbons (Fsp3) is 0.524. The molecular formula is C21H30ClNO4. The molecule has 1 aliphatic rings. The average Bonchev–Trinajstić information content (AvgIpc) is 2.69. The highest BCUT2D eigenvalue weighted by Gasteiger charge is 2.16. The Morgan fingerprint density at radius 1 is 1.07 bits per heavy atom. The number of allylic oxidation sites excluding steroid dienone is 1. The zero-order chi connectivity index (χ0) is 19.5. The Morgan fingerprint density at radius 2 is 1.93 bits per heavy atom. The lowest BCUT2D eigenvalue weighted by atomic mass is 10.1. The second-order valence-electron chi connectivity index (χ2n) is 6.32. The third-order valence-corrected chi connectivity index (χ3v) is 4.68. The summed E-state index contributed by atoms with van der Waals surface area (Å²) < 4.78 is 21.9. The van der Waals surface area contributed by atoms with Crippen molar-refractivity contribution in [2.45, 2.75) is 32.7 Å². The highest BCUT2D eigenvalue weighted by atomic mass is 35.5. The molecule has 1 aliphatic heterocycles. The smallest absolute Gasteiger partial charge is 0.180 e. The first-order chi connectivity index (χ1) is 13.2. The molecule has 2 rings (SSSR count). The van der Waals surface area contributed by atoms with Crippen molar-refractivity contribution in [2.24, 2.45) is 0 Å². The molecule has 0 saturated heterocycles. The van der Waals surface area contributed by atoms with E-state index in [0.717, 1.165) is 30.9 Å². The summed E-state index contributed by atoms with van der Waals surface area (Å²) >= 11 is 6.58. The molecule has 0 bridgehead atoms. The van der Waals surface area contributed by atoms with Gasteiger partial charge >= 0.3 is 0 Å². The summed E-state index contributed by atoms with van der Waals surface area (Å²) in [6, 6.07) is 3.85. The molecule has 0 spiro atoms. The number of methoxy groups -OCH3 is 2. The maximum absolute atomic E-state index is 6.58. The molecular weight excluding hydrogens is 366 g/mol. The van der Waals surface area contributed by atoms with E-state index >= 15 is 0 Å². The molecule has 1 aromatic carbocycles. The van der Waals surface area contributed by atoms with Crippen LogP contribution >= 0.6 is 11.6 Å². The minimum absolute atomic E-state index is 0.418. The number of benzene rings is 1. The number of unbranched alkanes of at least 4 members (excludes halogenated alkanes) is 2. The van der Waals surface area contributed by atoms with Crippen molar-refractivity contribution in [1.82, 2.24) is 4.90 Å². The normalized spacial score (nSPS) is 13.5. The molecule has 1 heterocycles. The monoisotopic (exact) mass is 395 g/mol. The highest BCUT2D eigenvalue weighted by Crippen LogP contribution is 2.38. The first-order valence-corrected chi connectivity index (χ1v) is 9.79. The van der Waals surface area contributed by atoms with Gasteiger partial charge in [-0.05, 0) is 30.2 Å². The SMILES string of the molecule is CCCCCOC1=CCN(Cc2ccc(OC)c(OCCOC)c2Cl)C=C1. The topological polar surface area (TPSA) is 40.2 Å². The Labute approximate surface area is 167 Å². The lowest BCUT2D eigenvalue weighted by Gasteiger charge is -2.24. The van der Waals surface area contributed by atoms with Gasteiger partial charge in [-0.1, -0.05) is 37.4 Å². The van der Waals surface area contributed by atoms with E-state index < -0.39 is 0 Å². The van der Waals surface area contributed by atoms with Gasteiger partial charge in [0.25, 0.3) is 0 Å². The van der Waals surface area contributed by atoms with Gasteiger partial charge in [-0.25, -0.2) is 0 Å². The van der Waals surface area contributed by atoms with Crippen LogP contribution in [0.2, 0.25) is 5.02 Å². The van der Waals surface area contributed by atoms with E-state index in [4.69, 9.17) is 30.5 Å². The van der Waals surface area contributed by atoms with Gasteiger partial charge in [0.2, 0.25) is 0 Å². The van der Waals surface area contributed by atoms with Gasteiger partial charge in [0.1, 0.15) is 12.4 Å². The number of halogens is 1. The predicted molar refractivity (Wildman–Crippen MR) is 108 cm³/mol. The first kappa shape index (κ1) is 21.5. The molecule has 150 valence electrons. The molecule has 0 saturated carbocycles. The van der Waals surface area contributed by atoms with Crippen molar-refractivity contribution >= 4 is 11.6 Å². The van der Waals surface area contributed by atoms with Crippen LogP contribution in [0.15, 0.2) is 36.2 Å². The zero-order valence-corrected chi connectivity index (χ0v) is 17.3. The van der Waals surface area contributed by atoms with Crippen molar-refractivity contribution in [3.8, 4) is 11.5 Å². The molecule has 1 aromatic rings. The summed E-state index contributed by atoms with van der Waals surface area (Å²) in [5.41, 5.74) is 0.982. The minimum atomic E-state index is 0.418. The van der Waals surface area contributed by atoms with Gasteiger partial charge in [0.15, 0.2) is 11.5 Å². The van der Waals surface area contributed by atoms with Crippen LogP contribution in [-0.2, 0) is 16.0 Å². The van der Waals surface area contributed by atoms with Crippen LogP contribution < -0.4 is 9.47 Å². The zero-order valence-electron chi connectivity index (χ0n) is 16.5. The van der Waals surface area contributed by atoms with Crippen LogP contribution in [0.3, 0.4) is 0 Å². The van der Waals surface area contributed by atoms with Crippen molar-refractivity contribution in [3.05, 3.63) is 46.8 Å². The fourth-order valence-electron chi connectivity index (χ4n) is 2.72. The summed E-state index contributed by atoms with van der Waals surface area (Å²) in [4.78, 5) is 2.17. The van der Waals surface area contributed by atoms with Crippen LogP contribution in [0.1, 0.15) is 31.7 Å². The van der Waals surface area contributed by atoms with Crippen molar-refractivity contribution in [1.29, 1.82) is 0 Å². The Bertz CT molecular complexity index is 645. The van der Waals surface area contributed by atoms with Crippen LogP contribution in [0.25, 0.3) is 0 Å². The van der Waals surface area contributed by atoms with Gasteiger partial charge < -0.3 is 23.8 Å². The van der Waals surface area contributed by atoms with E-state index in [2.05, 4.69) is 17.9 Å². The Kier molecular flexibility index (Phi) is 9.36. The summed E-state index contributed by atoms with van der Waals surface area (Å²) in [5, 5.41) is 0.574. The lowest BCUT2D eigenvalue weighted by Crippen LogP contribution is -2.20. The minimum Gasteiger partial charge on any atom is -0.494 e. The molecule has 6 heteroatoms. The first-order valence-electron chi connectivity index (χ1n) is 9.41. The summed E-state index contributed by atoms with van der Waals surface area (Å²) in [7, 11) is 3.24. The van der Waals surface area contributed by atoms with Gasteiger partial charge in [-0.2, -0.15) is 0 Å². The molecule has 0 fully saturated rings. The number of ether oxygens (including phenoxy) is 4. The number of rotatable bonds is 12. The molecule has 0 unspecified atom stereocenters. The lowest BCUT2D eigenvalue weighted by molar-refractivity contribution is 0.144. The Hall–Kier alpha value is -1.85. The van der Waals surface area contributed by atoms with Gasteiger partial charge in [-0.15, -0.1) is 0 Å². The summed E-state index contributed by atoms with van der Waals surface area (Å²) in [5.74, 6) is 2.12. The Balaban J connectivity index is 1.95. The summed E-state index contributed by atoms with van der Waals surface area (Å²) in [6.07, 6.45) is 9.64. The quantitative estimate of drug-likeness (QED) is 0.476. The highest BCUT2D eigenvalue weighted by molar-refractivity contribution is 6.33. The van der Waals surface area contributed by atoms with Crippen LogP contribution in [0.4, 0.5) is 0 Å². The average molecular weight is 396 g/mol. The molecule has 0 atom stereocenters.